The normalized spacial score (nSPS) is 14.3. The Morgan fingerprint density at radius 2 is 1.94 bits per heavy atom. The Labute approximate surface area is 112 Å². The van der Waals surface area contributed by atoms with Crippen LogP contribution in [-0.4, -0.2) is 31.6 Å². The Morgan fingerprint density at radius 3 is 2.33 bits per heavy atom. The first-order valence-electron chi connectivity index (χ1n) is 5.32. The molecule has 0 saturated heterocycles. The Bertz CT molecular complexity index is 537. The van der Waals surface area contributed by atoms with Crippen LogP contribution in [0.5, 0.6) is 5.75 Å². The number of hydrogen-bond acceptors (Lipinski definition) is 4. The van der Waals surface area contributed by atoms with Crippen molar-refractivity contribution in [1.82, 2.24) is 0 Å². The molecule has 18 heavy (non-hydrogen) atoms. The number of methoxy groups -OCH3 is 1. The number of hydrogen-bond donors (Lipinski definition) is 1. The second-order valence-corrected chi connectivity index (χ2v) is 7.68. The number of benzene rings is 1. The van der Waals surface area contributed by atoms with Gasteiger partial charge in [0, 0.05) is 6.26 Å². The van der Waals surface area contributed by atoms with Crippen molar-refractivity contribution in [2.24, 2.45) is 0 Å². The molecular weight excluding hydrogens is 276 g/mol. The minimum atomic E-state index is -3.40. The van der Waals surface area contributed by atoms with Crippen molar-refractivity contribution in [2.45, 2.75) is 24.7 Å². The van der Waals surface area contributed by atoms with Crippen molar-refractivity contribution in [1.29, 1.82) is 0 Å². The van der Waals surface area contributed by atoms with Crippen LogP contribution in [-0.2, 0) is 9.84 Å². The first-order chi connectivity index (χ1) is 8.11. The first-order valence-corrected chi connectivity index (χ1v) is 7.59. The zero-order valence-corrected chi connectivity index (χ0v) is 12.3. The van der Waals surface area contributed by atoms with E-state index in [1.165, 1.54) is 27.0 Å². The van der Waals surface area contributed by atoms with Gasteiger partial charge in [0.05, 0.1) is 23.0 Å². The minimum absolute atomic E-state index is 0.332. The summed E-state index contributed by atoms with van der Waals surface area (Å²) in [5.41, 5.74) is 0.441. The maximum absolute atomic E-state index is 11.7. The molecule has 4 nitrogen and oxygen atoms in total. The number of rotatable bonds is 4. The van der Waals surface area contributed by atoms with Gasteiger partial charge in [-0.05, 0) is 31.5 Å². The number of halogens is 1. The molecule has 0 amide bonds. The zero-order valence-electron chi connectivity index (χ0n) is 10.8. The minimum Gasteiger partial charge on any atom is -0.495 e. The van der Waals surface area contributed by atoms with Gasteiger partial charge in [0.1, 0.15) is 5.75 Å². The Morgan fingerprint density at radius 1 is 1.39 bits per heavy atom. The van der Waals surface area contributed by atoms with Gasteiger partial charge in [-0.15, -0.1) is 0 Å². The fraction of sp³-hybridized carbons (Fsp3) is 0.500. The molecule has 1 aromatic carbocycles. The predicted octanol–water partition coefficient (Wildman–Crippen LogP) is 2.21. The molecular formula is C12H17ClO4S. The van der Waals surface area contributed by atoms with Crippen LogP contribution in [0.25, 0.3) is 0 Å². The third-order valence-corrected chi connectivity index (χ3v) is 5.54. The fourth-order valence-electron chi connectivity index (χ4n) is 1.46. The van der Waals surface area contributed by atoms with Crippen molar-refractivity contribution < 1.29 is 18.3 Å². The predicted molar refractivity (Wildman–Crippen MR) is 71.9 cm³/mol. The van der Waals surface area contributed by atoms with Gasteiger partial charge in [-0.2, -0.15) is 0 Å². The van der Waals surface area contributed by atoms with E-state index in [9.17, 15) is 13.5 Å². The van der Waals surface area contributed by atoms with Crippen molar-refractivity contribution in [3.8, 4) is 5.75 Å². The molecule has 1 N–H and O–H groups in total. The van der Waals surface area contributed by atoms with E-state index in [4.69, 9.17) is 16.3 Å². The van der Waals surface area contributed by atoms with E-state index in [0.29, 0.717) is 16.3 Å². The molecule has 0 heterocycles. The van der Waals surface area contributed by atoms with Crippen LogP contribution in [0, 0.1) is 0 Å². The molecule has 0 aliphatic carbocycles. The average Bonchev–Trinajstić information content (AvgIpc) is 2.26. The summed E-state index contributed by atoms with van der Waals surface area (Å²) in [6.07, 6.45) is -0.0580. The van der Waals surface area contributed by atoms with E-state index >= 15 is 0 Å². The standard InChI is InChI=1S/C12H17ClO4S/c1-12(2,18(4,15)16)11(14)8-5-6-10(17-3)9(13)7-8/h5-7,11,14H,1-4H3. The van der Waals surface area contributed by atoms with Gasteiger partial charge in [-0.1, -0.05) is 17.7 Å². The summed E-state index contributed by atoms with van der Waals surface area (Å²) < 4.78 is 27.0. The van der Waals surface area contributed by atoms with Crippen LogP contribution >= 0.6 is 11.6 Å². The SMILES string of the molecule is COc1ccc(C(O)C(C)(C)S(C)(=O)=O)cc1Cl. The molecule has 0 aliphatic rings. The van der Waals surface area contributed by atoms with Crippen LogP contribution in [0.1, 0.15) is 25.5 Å². The number of aliphatic hydroxyl groups is 1. The topological polar surface area (TPSA) is 63.6 Å². The summed E-state index contributed by atoms with van der Waals surface area (Å²) >= 11 is 5.95. The van der Waals surface area contributed by atoms with Crippen molar-refractivity contribution in [2.75, 3.05) is 13.4 Å². The molecule has 1 aromatic rings. The average molecular weight is 293 g/mol. The lowest BCUT2D eigenvalue weighted by molar-refractivity contribution is 0.139. The molecule has 1 atom stereocenters. The van der Waals surface area contributed by atoms with E-state index in [0.717, 1.165) is 6.26 Å². The molecule has 0 radical (unpaired) electrons. The first kappa shape index (κ1) is 15.3. The summed E-state index contributed by atoms with van der Waals surface area (Å²) in [7, 11) is -1.92. The second-order valence-electron chi connectivity index (χ2n) is 4.67. The molecule has 0 spiro atoms. The fourth-order valence-corrected chi connectivity index (χ4v) is 2.26. The van der Waals surface area contributed by atoms with Gasteiger partial charge in [-0.25, -0.2) is 8.42 Å². The quantitative estimate of drug-likeness (QED) is 0.924. The number of sulfone groups is 1. The monoisotopic (exact) mass is 292 g/mol. The molecule has 0 fully saturated rings. The summed E-state index contributed by atoms with van der Waals surface area (Å²) in [4.78, 5) is 0. The Hall–Kier alpha value is -0.780. The molecule has 102 valence electrons. The van der Waals surface area contributed by atoms with E-state index < -0.39 is 20.7 Å². The van der Waals surface area contributed by atoms with E-state index in [1.54, 1.807) is 12.1 Å². The highest BCUT2D eigenvalue weighted by atomic mass is 35.5. The van der Waals surface area contributed by atoms with Crippen LogP contribution in [0.2, 0.25) is 5.02 Å². The van der Waals surface area contributed by atoms with Crippen molar-refractivity contribution in [3.05, 3.63) is 28.8 Å². The second kappa shape index (κ2) is 5.07. The van der Waals surface area contributed by atoms with Gasteiger partial charge in [0.15, 0.2) is 9.84 Å². The van der Waals surface area contributed by atoms with Gasteiger partial charge in [0.2, 0.25) is 0 Å². The van der Waals surface area contributed by atoms with Crippen molar-refractivity contribution in [3.63, 3.8) is 0 Å². The molecule has 0 aromatic heterocycles. The molecule has 1 rings (SSSR count). The summed E-state index contributed by atoms with van der Waals surface area (Å²) in [5, 5.41) is 10.5. The highest BCUT2D eigenvalue weighted by molar-refractivity contribution is 7.92. The lowest BCUT2D eigenvalue weighted by Crippen LogP contribution is -2.37. The zero-order chi connectivity index (χ0) is 14.1. The van der Waals surface area contributed by atoms with Crippen molar-refractivity contribution >= 4 is 21.4 Å². The summed E-state index contributed by atoms with van der Waals surface area (Å²) in [5.74, 6) is 0.477. The molecule has 1 unspecified atom stereocenters. The lowest BCUT2D eigenvalue weighted by Gasteiger charge is -2.29. The van der Waals surface area contributed by atoms with Gasteiger partial charge in [-0.3, -0.25) is 0 Å². The number of ether oxygens (including phenoxy) is 1. The molecule has 0 saturated carbocycles. The smallest absolute Gasteiger partial charge is 0.155 e. The van der Waals surface area contributed by atoms with E-state index in [1.807, 2.05) is 0 Å². The van der Waals surface area contributed by atoms with Crippen LogP contribution < -0.4 is 4.74 Å². The molecule has 0 bridgehead atoms. The largest absolute Gasteiger partial charge is 0.495 e. The van der Waals surface area contributed by atoms with Gasteiger partial charge in [0.25, 0.3) is 0 Å². The molecule has 6 heteroatoms. The third-order valence-electron chi connectivity index (χ3n) is 3.11. The highest BCUT2D eigenvalue weighted by Crippen LogP contribution is 2.35. The Kier molecular flexibility index (Phi) is 4.30. The number of aliphatic hydroxyl groups excluding tert-OH is 1. The van der Waals surface area contributed by atoms with Gasteiger partial charge >= 0.3 is 0 Å². The van der Waals surface area contributed by atoms with Gasteiger partial charge < -0.3 is 9.84 Å². The Balaban J connectivity index is 3.20. The molecule has 0 aliphatic heterocycles. The van der Waals surface area contributed by atoms with E-state index in [2.05, 4.69) is 0 Å². The van der Waals surface area contributed by atoms with Crippen LogP contribution in [0.4, 0.5) is 0 Å². The lowest BCUT2D eigenvalue weighted by atomic mass is 9.98. The maximum Gasteiger partial charge on any atom is 0.155 e. The van der Waals surface area contributed by atoms with Crippen LogP contribution in [0.15, 0.2) is 18.2 Å². The third kappa shape index (κ3) is 2.79. The highest BCUT2D eigenvalue weighted by Gasteiger charge is 2.39. The summed E-state index contributed by atoms with van der Waals surface area (Å²) in [6.45, 7) is 2.95. The maximum atomic E-state index is 11.7. The van der Waals surface area contributed by atoms with Crippen LogP contribution in [0.3, 0.4) is 0 Å². The van der Waals surface area contributed by atoms with E-state index in [-0.39, 0.29) is 0 Å². The summed E-state index contributed by atoms with van der Waals surface area (Å²) in [6, 6.07) is 4.71.